The molecule has 8 rings (SSSR count). The normalized spacial score (nSPS) is 45.5. The molecule has 0 radical (unpaired) electrons. The van der Waals surface area contributed by atoms with E-state index in [1.807, 2.05) is 0 Å². The van der Waals surface area contributed by atoms with Crippen LogP contribution in [-0.4, -0.2) is 13.0 Å². The SMILES string of the molecule is CC1C=C2CC(C1)CC1c3c(c(C4(C)CC5CCCC(C5)C4)cc(C45CCCC(CC(C)C4)C5)c3S(=O)(=O)O)C21. The van der Waals surface area contributed by atoms with Crippen LogP contribution in [-0.2, 0) is 20.9 Å². The molecule has 1 aromatic rings. The molecule has 1 N–H and O–H groups in total. The summed E-state index contributed by atoms with van der Waals surface area (Å²) < 4.78 is 38.3. The third-order valence-corrected chi connectivity index (χ3v) is 14.4. The lowest BCUT2D eigenvalue weighted by molar-refractivity contribution is 0.105. The average molecular weight is 563 g/mol. The number of rotatable bonds is 3. The van der Waals surface area contributed by atoms with Gasteiger partial charge in [0.1, 0.15) is 4.90 Å². The second kappa shape index (κ2) is 8.94. The highest BCUT2D eigenvalue weighted by Crippen LogP contribution is 2.67. The van der Waals surface area contributed by atoms with Crippen LogP contribution in [0.5, 0.6) is 0 Å². The van der Waals surface area contributed by atoms with Gasteiger partial charge in [-0.15, -0.1) is 0 Å². The number of benzene rings is 1. The summed E-state index contributed by atoms with van der Waals surface area (Å²) in [5.41, 5.74) is 6.60. The molecule has 0 amide bonds. The first-order valence-electron chi connectivity index (χ1n) is 16.9. The minimum absolute atomic E-state index is 0.0974. The Morgan fingerprint density at radius 2 is 1.55 bits per heavy atom. The van der Waals surface area contributed by atoms with Crippen molar-refractivity contribution < 1.29 is 13.0 Å². The van der Waals surface area contributed by atoms with Gasteiger partial charge in [-0.05, 0) is 139 Å². The molecule has 1 aromatic carbocycles. The third-order valence-electron chi connectivity index (χ3n) is 13.4. The van der Waals surface area contributed by atoms with E-state index in [-0.39, 0.29) is 16.7 Å². The van der Waals surface area contributed by atoms with Crippen molar-refractivity contribution in [1.29, 1.82) is 0 Å². The minimum atomic E-state index is -4.33. The molecule has 6 bridgehead atoms. The Bertz CT molecular complexity index is 1360. The molecule has 0 aromatic heterocycles. The summed E-state index contributed by atoms with van der Waals surface area (Å²) in [4.78, 5) is 0.385. The minimum Gasteiger partial charge on any atom is -0.282 e. The Morgan fingerprint density at radius 3 is 2.30 bits per heavy atom. The first-order chi connectivity index (χ1) is 19.0. The fourth-order valence-corrected chi connectivity index (χ4v) is 13.7. The van der Waals surface area contributed by atoms with Gasteiger partial charge in [0.05, 0.1) is 0 Å². The van der Waals surface area contributed by atoms with Crippen LogP contribution in [0.3, 0.4) is 0 Å². The lowest BCUT2D eigenvalue weighted by atomic mass is 9.49. The zero-order valence-corrected chi connectivity index (χ0v) is 25.9. The van der Waals surface area contributed by atoms with Crippen molar-refractivity contribution in [2.24, 2.45) is 35.5 Å². The van der Waals surface area contributed by atoms with Gasteiger partial charge in [-0.25, -0.2) is 0 Å². The van der Waals surface area contributed by atoms with Gasteiger partial charge in [0.2, 0.25) is 0 Å². The van der Waals surface area contributed by atoms with Gasteiger partial charge < -0.3 is 0 Å². The quantitative estimate of drug-likeness (QED) is 0.295. The van der Waals surface area contributed by atoms with Crippen LogP contribution in [0.4, 0.5) is 0 Å². The molecule has 0 spiro atoms. The molecular formula is C36H50O3S. The molecule has 9 unspecified atom stereocenters. The predicted molar refractivity (Wildman–Crippen MR) is 160 cm³/mol. The van der Waals surface area contributed by atoms with E-state index in [2.05, 4.69) is 32.9 Å². The summed E-state index contributed by atoms with van der Waals surface area (Å²) in [6.07, 6.45) is 21.1. The first kappa shape index (κ1) is 26.5. The van der Waals surface area contributed by atoms with Gasteiger partial charge in [-0.3, -0.25) is 4.55 Å². The van der Waals surface area contributed by atoms with Crippen molar-refractivity contribution in [1.82, 2.24) is 0 Å². The summed E-state index contributed by atoms with van der Waals surface area (Å²) in [7, 11) is -4.33. The zero-order valence-electron chi connectivity index (χ0n) is 25.1. The molecule has 40 heavy (non-hydrogen) atoms. The van der Waals surface area contributed by atoms with Crippen LogP contribution in [0.15, 0.2) is 22.6 Å². The average Bonchev–Trinajstić information content (AvgIpc) is 2.85. The number of fused-ring (bicyclic) bond motifs is 11. The molecule has 0 heterocycles. The monoisotopic (exact) mass is 562 g/mol. The van der Waals surface area contributed by atoms with Gasteiger partial charge in [0.25, 0.3) is 10.1 Å². The topological polar surface area (TPSA) is 54.4 Å². The molecule has 0 aliphatic heterocycles. The fraction of sp³-hybridized carbons (Fsp3) is 0.778. The van der Waals surface area contributed by atoms with Crippen molar-refractivity contribution >= 4 is 10.1 Å². The smallest absolute Gasteiger partial charge is 0.282 e. The van der Waals surface area contributed by atoms with Crippen molar-refractivity contribution in [3.05, 3.63) is 40.0 Å². The molecular weight excluding hydrogens is 512 g/mol. The maximum atomic E-state index is 13.6. The second-order valence-electron chi connectivity index (χ2n) is 16.6. The van der Waals surface area contributed by atoms with Crippen LogP contribution >= 0.6 is 0 Å². The van der Waals surface area contributed by atoms with E-state index in [0.29, 0.717) is 34.5 Å². The van der Waals surface area contributed by atoms with Crippen molar-refractivity contribution in [2.45, 2.75) is 145 Å². The van der Waals surface area contributed by atoms with E-state index in [1.165, 1.54) is 81.8 Å². The fourth-order valence-electron chi connectivity index (χ4n) is 12.7. The van der Waals surface area contributed by atoms with Crippen LogP contribution < -0.4 is 0 Å². The van der Waals surface area contributed by atoms with Crippen LogP contribution in [0, 0.1) is 35.5 Å². The second-order valence-corrected chi connectivity index (χ2v) is 18.0. The Labute approximate surface area is 242 Å². The van der Waals surface area contributed by atoms with Gasteiger partial charge in [-0.2, -0.15) is 8.42 Å². The molecule has 4 heteroatoms. The zero-order chi connectivity index (χ0) is 27.6. The maximum absolute atomic E-state index is 13.6. The van der Waals surface area contributed by atoms with E-state index in [4.69, 9.17) is 0 Å². The molecule has 218 valence electrons. The number of hydrogen-bond donors (Lipinski definition) is 1. The summed E-state index contributed by atoms with van der Waals surface area (Å²) >= 11 is 0. The molecule has 0 saturated heterocycles. The van der Waals surface area contributed by atoms with Crippen LogP contribution in [0.25, 0.3) is 0 Å². The Balaban J connectivity index is 1.39. The van der Waals surface area contributed by atoms with Crippen LogP contribution in [0.2, 0.25) is 0 Å². The summed E-state index contributed by atoms with van der Waals surface area (Å²) in [6, 6.07) is 2.44. The summed E-state index contributed by atoms with van der Waals surface area (Å²) in [6.45, 7) is 7.30. The van der Waals surface area contributed by atoms with E-state index >= 15 is 0 Å². The first-order valence-corrected chi connectivity index (χ1v) is 18.4. The summed E-state index contributed by atoms with van der Waals surface area (Å²) in [5, 5.41) is 0. The predicted octanol–water partition coefficient (Wildman–Crippen LogP) is 9.21. The third kappa shape index (κ3) is 3.93. The van der Waals surface area contributed by atoms with Crippen molar-refractivity contribution in [3.63, 3.8) is 0 Å². The largest absolute Gasteiger partial charge is 0.295 e. The Morgan fingerprint density at radius 1 is 0.825 bits per heavy atom. The molecule has 7 aliphatic carbocycles. The van der Waals surface area contributed by atoms with Crippen molar-refractivity contribution in [3.8, 4) is 0 Å². The van der Waals surface area contributed by atoms with E-state index < -0.39 is 10.1 Å². The van der Waals surface area contributed by atoms with Crippen molar-refractivity contribution in [2.75, 3.05) is 0 Å². The summed E-state index contributed by atoms with van der Waals surface area (Å²) in [5.74, 6) is 4.85. The van der Waals surface area contributed by atoms with E-state index in [9.17, 15) is 13.0 Å². The Hall–Kier alpha value is -1.13. The van der Waals surface area contributed by atoms with E-state index in [0.717, 1.165) is 48.6 Å². The van der Waals surface area contributed by atoms with Gasteiger partial charge in [0, 0.05) is 5.92 Å². The van der Waals surface area contributed by atoms with Crippen LogP contribution in [0.1, 0.15) is 151 Å². The molecule has 3 nitrogen and oxygen atoms in total. The van der Waals surface area contributed by atoms with Gasteiger partial charge in [0.15, 0.2) is 0 Å². The standard InChI is InChI=1S/C36H50O3S/c1-21-10-26-14-27(12-21)31-28(15-26)32-33(31)29(35(3)18-24-6-4-7-25(13-24)19-35)16-30(34(32)40(37,38)39)36-9-5-8-23(20-36)11-22(2)17-36/h12,16,21-26,28,31H,4-11,13-15,17-20H2,1-3H3,(H,37,38,39). The highest BCUT2D eigenvalue weighted by Gasteiger charge is 2.56. The highest BCUT2D eigenvalue weighted by atomic mass is 32.2. The molecule has 5 fully saturated rings. The lowest BCUT2D eigenvalue weighted by Crippen LogP contribution is -2.45. The number of allylic oxidation sites excluding steroid dienone is 2. The van der Waals surface area contributed by atoms with Gasteiger partial charge in [-0.1, -0.05) is 70.6 Å². The molecule has 5 saturated carbocycles. The number of hydrogen-bond acceptors (Lipinski definition) is 2. The molecule has 9 atom stereocenters. The van der Waals surface area contributed by atoms with E-state index in [1.54, 1.807) is 5.57 Å². The Kier molecular flexibility index (Phi) is 5.92. The molecule has 7 aliphatic rings. The van der Waals surface area contributed by atoms with Gasteiger partial charge >= 0.3 is 0 Å². The lowest BCUT2D eigenvalue weighted by Gasteiger charge is -2.56. The maximum Gasteiger partial charge on any atom is 0.295 e. The highest BCUT2D eigenvalue weighted by molar-refractivity contribution is 7.86.